The maximum atomic E-state index is 12.4. The quantitative estimate of drug-likeness (QED) is 0.599. The number of nitrogens with one attached hydrogen (secondary N) is 1. The molecule has 1 fully saturated rings. The highest BCUT2D eigenvalue weighted by Crippen LogP contribution is 2.38. The second kappa shape index (κ2) is 7.64. The number of rotatable bonds is 4. The van der Waals surface area contributed by atoms with Crippen molar-refractivity contribution >= 4 is 45.0 Å². The van der Waals surface area contributed by atoms with Gasteiger partial charge in [0.2, 0.25) is 5.91 Å². The number of aromatic nitrogens is 2. The molecule has 27 heavy (non-hydrogen) atoms. The van der Waals surface area contributed by atoms with Crippen molar-refractivity contribution in [2.75, 3.05) is 11.5 Å². The first kappa shape index (κ1) is 18.5. The minimum atomic E-state index is -0.702. The maximum Gasteiger partial charge on any atom is 0.231 e. The number of hydrogen-bond donors (Lipinski definition) is 2. The second-order valence-corrected chi connectivity index (χ2v) is 9.40. The number of thiophene rings is 1. The molecule has 2 aromatic rings. The van der Waals surface area contributed by atoms with Crippen LogP contribution in [-0.4, -0.2) is 27.2 Å². The van der Waals surface area contributed by atoms with Gasteiger partial charge in [-0.1, -0.05) is 31.0 Å². The first-order valence-electron chi connectivity index (χ1n) is 9.53. The fourth-order valence-electron chi connectivity index (χ4n) is 4.08. The third kappa shape index (κ3) is 3.76. The summed E-state index contributed by atoms with van der Waals surface area (Å²) >= 11 is 2.99. The molecule has 8 heteroatoms. The minimum absolute atomic E-state index is 0.142. The minimum Gasteiger partial charge on any atom is -0.383 e. The first-order valence-corrected chi connectivity index (χ1v) is 11.3. The predicted molar refractivity (Wildman–Crippen MR) is 109 cm³/mol. The number of nitrogens with two attached hydrogens (primary N) is 1. The van der Waals surface area contributed by atoms with Gasteiger partial charge < -0.3 is 11.1 Å². The van der Waals surface area contributed by atoms with Crippen LogP contribution in [0.2, 0.25) is 0 Å². The molecule has 1 saturated carbocycles. The number of aryl methyl sites for hydroxylation is 2. The molecule has 0 unspecified atom stereocenters. The smallest absolute Gasteiger partial charge is 0.231 e. The van der Waals surface area contributed by atoms with Gasteiger partial charge in [0.05, 0.1) is 17.2 Å². The molecule has 142 valence electrons. The lowest BCUT2D eigenvalue weighted by Gasteiger charge is -2.31. The van der Waals surface area contributed by atoms with Crippen LogP contribution in [0.1, 0.15) is 55.4 Å². The SMILES string of the molecule is N#CC1(NC(=O)CSc2nc(N)c3c4c(sc3n2)CCCC4)CCCCC1. The van der Waals surface area contributed by atoms with Crippen LogP contribution in [0.4, 0.5) is 5.82 Å². The number of anilines is 1. The van der Waals surface area contributed by atoms with Gasteiger partial charge in [-0.15, -0.1) is 11.3 Å². The monoisotopic (exact) mass is 401 g/mol. The summed E-state index contributed by atoms with van der Waals surface area (Å²) in [6.45, 7) is 0. The van der Waals surface area contributed by atoms with Crippen molar-refractivity contribution in [1.29, 1.82) is 5.26 Å². The first-order chi connectivity index (χ1) is 13.1. The largest absolute Gasteiger partial charge is 0.383 e. The Morgan fingerprint density at radius 3 is 2.78 bits per heavy atom. The van der Waals surface area contributed by atoms with Gasteiger partial charge in [0, 0.05) is 4.88 Å². The van der Waals surface area contributed by atoms with Crippen molar-refractivity contribution < 1.29 is 4.79 Å². The number of fused-ring (bicyclic) bond motifs is 3. The molecule has 0 radical (unpaired) electrons. The molecule has 0 spiro atoms. The van der Waals surface area contributed by atoms with E-state index in [2.05, 4.69) is 21.4 Å². The van der Waals surface area contributed by atoms with Gasteiger partial charge in [0.1, 0.15) is 16.2 Å². The van der Waals surface area contributed by atoms with E-state index in [0.717, 1.165) is 55.2 Å². The van der Waals surface area contributed by atoms with Gasteiger partial charge in [-0.25, -0.2) is 9.97 Å². The molecule has 0 bridgehead atoms. The van der Waals surface area contributed by atoms with Crippen LogP contribution < -0.4 is 11.1 Å². The van der Waals surface area contributed by atoms with E-state index in [9.17, 15) is 10.1 Å². The topological polar surface area (TPSA) is 105 Å². The van der Waals surface area contributed by atoms with Crippen molar-refractivity contribution in [2.24, 2.45) is 0 Å². The van der Waals surface area contributed by atoms with E-state index in [4.69, 9.17) is 5.73 Å². The fourth-order valence-corrected chi connectivity index (χ4v) is 6.06. The lowest BCUT2D eigenvalue weighted by molar-refractivity contribution is -0.120. The average molecular weight is 402 g/mol. The van der Waals surface area contributed by atoms with E-state index in [0.29, 0.717) is 11.0 Å². The molecule has 2 aliphatic carbocycles. The zero-order valence-electron chi connectivity index (χ0n) is 15.2. The Morgan fingerprint density at radius 1 is 1.22 bits per heavy atom. The van der Waals surface area contributed by atoms with Gasteiger partial charge in [0.15, 0.2) is 5.16 Å². The Bertz CT molecular complexity index is 911. The number of nitriles is 1. The number of hydrogen-bond acceptors (Lipinski definition) is 7. The van der Waals surface area contributed by atoms with Gasteiger partial charge >= 0.3 is 0 Å². The Hall–Kier alpha value is -1.85. The van der Waals surface area contributed by atoms with Crippen LogP contribution in [0.3, 0.4) is 0 Å². The van der Waals surface area contributed by atoms with E-state index in [-0.39, 0.29) is 11.7 Å². The molecule has 0 aromatic carbocycles. The summed E-state index contributed by atoms with van der Waals surface area (Å²) in [7, 11) is 0. The molecule has 1 amide bonds. The molecule has 3 N–H and O–H groups in total. The summed E-state index contributed by atoms with van der Waals surface area (Å²) in [5.74, 6) is 0.568. The Labute approximate surface area is 166 Å². The molecular formula is C19H23N5OS2. The average Bonchev–Trinajstić information content (AvgIpc) is 3.06. The fraction of sp³-hybridized carbons (Fsp3) is 0.579. The van der Waals surface area contributed by atoms with Crippen LogP contribution in [0.25, 0.3) is 10.2 Å². The van der Waals surface area contributed by atoms with Gasteiger partial charge in [0.25, 0.3) is 0 Å². The standard InChI is InChI=1S/C19H23N5OS2/c20-11-19(8-4-1-5-9-19)24-14(25)10-26-18-22-16(21)15-12-6-2-3-7-13(12)27-17(15)23-18/h1-10H2,(H,24,25)(H2,21,22,23). The van der Waals surface area contributed by atoms with Crippen LogP contribution in [0.5, 0.6) is 0 Å². The highest BCUT2D eigenvalue weighted by Gasteiger charge is 2.33. The van der Waals surface area contributed by atoms with E-state index >= 15 is 0 Å². The summed E-state index contributed by atoms with van der Waals surface area (Å²) in [6.07, 6.45) is 9.12. The molecule has 2 heterocycles. The van der Waals surface area contributed by atoms with Crippen molar-refractivity contribution in [3.8, 4) is 6.07 Å². The molecule has 0 saturated heterocycles. The Kier molecular flexibility index (Phi) is 5.24. The number of nitrogens with zero attached hydrogens (tertiary/aromatic N) is 3. The van der Waals surface area contributed by atoms with Crippen LogP contribution in [-0.2, 0) is 17.6 Å². The van der Waals surface area contributed by atoms with Crippen molar-refractivity contribution in [3.63, 3.8) is 0 Å². The highest BCUT2D eigenvalue weighted by atomic mass is 32.2. The summed E-state index contributed by atoms with van der Waals surface area (Å²) in [4.78, 5) is 23.8. The maximum absolute atomic E-state index is 12.4. The molecule has 2 aromatic heterocycles. The molecule has 0 atom stereocenters. The third-order valence-electron chi connectivity index (χ3n) is 5.45. The predicted octanol–water partition coefficient (Wildman–Crippen LogP) is 3.59. The Balaban J connectivity index is 1.46. The van der Waals surface area contributed by atoms with Crippen LogP contribution in [0.15, 0.2) is 5.16 Å². The number of carbonyl (C=O) groups excluding carboxylic acids is 1. The summed E-state index contributed by atoms with van der Waals surface area (Å²) < 4.78 is 0. The van der Waals surface area contributed by atoms with Gasteiger partial charge in [-0.05, 0) is 44.1 Å². The van der Waals surface area contributed by atoms with Crippen molar-refractivity contribution in [2.45, 2.75) is 68.5 Å². The normalized spacial score (nSPS) is 18.6. The lowest BCUT2D eigenvalue weighted by atomic mass is 9.83. The number of nitrogen functional groups attached to an aromatic ring is 1. The summed E-state index contributed by atoms with van der Waals surface area (Å²) in [6, 6.07) is 2.32. The zero-order chi connectivity index (χ0) is 18.9. The van der Waals surface area contributed by atoms with Crippen LogP contribution >= 0.6 is 23.1 Å². The Morgan fingerprint density at radius 2 is 2.00 bits per heavy atom. The number of amides is 1. The van der Waals surface area contributed by atoms with E-state index in [1.807, 2.05) is 0 Å². The van der Waals surface area contributed by atoms with Gasteiger partial charge in [-0.3, -0.25) is 4.79 Å². The summed E-state index contributed by atoms with van der Waals surface area (Å²) in [5.41, 5.74) is 6.84. The van der Waals surface area contributed by atoms with Crippen molar-refractivity contribution in [1.82, 2.24) is 15.3 Å². The number of thioether (sulfide) groups is 1. The molecule has 2 aliphatic rings. The number of carbonyl (C=O) groups is 1. The van der Waals surface area contributed by atoms with E-state index < -0.39 is 5.54 Å². The lowest BCUT2D eigenvalue weighted by Crippen LogP contribution is -2.49. The molecule has 0 aliphatic heterocycles. The highest BCUT2D eigenvalue weighted by molar-refractivity contribution is 7.99. The second-order valence-electron chi connectivity index (χ2n) is 7.37. The van der Waals surface area contributed by atoms with E-state index in [1.54, 1.807) is 11.3 Å². The van der Waals surface area contributed by atoms with Crippen molar-refractivity contribution in [3.05, 3.63) is 10.4 Å². The molecular weight excluding hydrogens is 378 g/mol. The van der Waals surface area contributed by atoms with Gasteiger partial charge in [-0.2, -0.15) is 5.26 Å². The van der Waals surface area contributed by atoms with Crippen LogP contribution in [0, 0.1) is 11.3 Å². The molecule has 4 rings (SSSR count). The zero-order valence-corrected chi connectivity index (χ0v) is 16.8. The molecule has 6 nitrogen and oxygen atoms in total. The summed E-state index contributed by atoms with van der Waals surface area (Å²) in [5, 5.41) is 14.0. The van der Waals surface area contributed by atoms with E-state index in [1.165, 1.54) is 35.0 Å². The third-order valence-corrected chi connectivity index (χ3v) is 7.49.